The SMILES string of the molecule is Cc1nn(C)c2ncnc(NCCCCCCN)c12.Cl.Cl. The molecule has 0 aliphatic carbocycles. The average Bonchev–Trinajstić information content (AvgIpc) is 2.70. The minimum Gasteiger partial charge on any atom is -0.369 e. The van der Waals surface area contributed by atoms with Crippen LogP contribution >= 0.6 is 24.8 Å². The zero-order valence-corrected chi connectivity index (χ0v) is 14.1. The standard InChI is InChI=1S/C13H22N6.2ClH/c1-10-11-12(15-8-6-4-3-5-7-14)16-9-17-13(11)19(2)18-10;;/h9H,3-8,14H2,1-2H3,(H,15,16,17);2*1H. The summed E-state index contributed by atoms with van der Waals surface area (Å²) in [6.45, 7) is 3.69. The smallest absolute Gasteiger partial charge is 0.163 e. The van der Waals surface area contributed by atoms with E-state index >= 15 is 0 Å². The number of hydrogen-bond donors (Lipinski definition) is 2. The van der Waals surface area contributed by atoms with Crippen LogP contribution in [0.5, 0.6) is 0 Å². The van der Waals surface area contributed by atoms with Gasteiger partial charge in [-0.05, 0) is 26.3 Å². The number of unbranched alkanes of at least 4 members (excludes halogenated alkanes) is 3. The Morgan fingerprint density at radius 3 is 2.57 bits per heavy atom. The minimum atomic E-state index is 0. The second-order valence-electron chi connectivity index (χ2n) is 4.76. The third kappa shape index (κ3) is 4.98. The van der Waals surface area contributed by atoms with E-state index in [1.165, 1.54) is 12.8 Å². The molecule has 0 atom stereocenters. The third-order valence-electron chi connectivity index (χ3n) is 3.22. The molecule has 0 unspecified atom stereocenters. The summed E-state index contributed by atoms with van der Waals surface area (Å²) in [6, 6.07) is 0. The van der Waals surface area contributed by atoms with Gasteiger partial charge in [0.05, 0.1) is 11.1 Å². The number of hydrogen-bond acceptors (Lipinski definition) is 5. The normalized spacial score (nSPS) is 10.0. The number of nitrogens with zero attached hydrogens (tertiary/aromatic N) is 4. The number of aromatic nitrogens is 4. The summed E-state index contributed by atoms with van der Waals surface area (Å²) in [5, 5.41) is 8.78. The molecule has 120 valence electrons. The number of rotatable bonds is 7. The van der Waals surface area contributed by atoms with Gasteiger partial charge in [0.2, 0.25) is 0 Å². The number of fused-ring (bicyclic) bond motifs is 1. The van der Waals surface area contributed by atoms with Crippen molar-refractivity contribution in [1.82, 2.24) is 19.7 Å². The van der Waals surface area contributed by atoms with Gasteiger partial charge in [-0.2, -0.15) is 5.10 Å². The van der Waals surface area contributed by atoms with Crippen molar-refractivity contribution in [3.05, 3.63) is 12.0 Å². The topological polar surface area (TPSA) is 81.7 Å². The second-order valence-corrected chi connectivity index (χ2v) is 4.76. The number of nitrogens with two attached hydrogens (primary N) is 1. The number of aryl methyl sites for hydroxylation is 2. The molecular weight excluding hydrogens is 311 g/mol. The van der Waals surface area contributed by atoms with Gasteiger partial charge in [-0.3, -0.25) is 4.68 Å². The summed E-state index contributed by atoms with van der Waals surface area (Å²) in [4.78, 5) is 8.59. The van der Waals surface area contributed by atoms with Crippen molar-refractivity contribution in [1.29, 1.82) is 0 Å². The van der Waals surface area contributed by atoms with Crippen LogP contribution in [0, 0.1) is 6.92 Å². The first-order chi connectivity index (χ1) is 9.24. The summed E-state index contributed by atoms with van der Waals surface area (Å²) < 4.78 is 1.79. The van der Waals surface area contributed by atoms with Gasteiger partial charge in [0.1, 0.15) is 12.1 Å². The van der Waals surface area contributed by atoms with Crippen molar-refractivity contribution in [2.45, 2.75) is 32.6 Å². The van der Waals surface area contributed by atoms with Crippen LogP contribution in [0.1, 0.15) is 31.4 Å². The lowest BCUT2D eigenvalue weighted by Crippen LogP contribution is -2.05. The number of nitrogens with one attached hydrogen (secondary N) is 1. The maximum Gasteiger partial charge on any atom is 0.163 e. The van der Waals surface area contributed by atoms with Crippen LogP contribution in [-0.4, -0.2) is 32.8 Å². The fourth-order valence-corrected chi connectivity index (χ4v) is 2.24. The van der Waals surface area contributed by atoms with Gasteiger partial charge in [0.15, 0.2) is 5.65 Å². The van der Waals surface area contributed by atoms with Crippen LogP contribution in [0.2, 0.25) is 0 Å². The fraction of sp³-hybridized carbons (Fsp3) is 0.615. The summed E-state index contributed by atoms with van der Waals surface area (Å²) in [5.74, 6) is 0.884. The summed E-state index contributed by atoms with van der Waals surface area (Å²) in [7, 11) is 1.90. The molecule has 2 aromatic rings. The number of anilines is 1. The first-order valence-electron chi connectivity index (χ1n) is 6.82. The van der Waals surface area contributed by atoms with Crippen molar-refractivity contribution in [2.24, 2.45) is 12.8 Å². The molecule has 0 aliphatic rings. The van der Waals surface area contributed by atoms with Crippen LogP contribution in [0.4, 0.5) is 5.82 Å². The van der Waals surface area contributed by atoms with Gasteiger partial charge >= 0.3 is 0 Å². The second kappa shape index (κ2) is 9.76. The van der Waals surface area contributed by atoms with Crippen molar-refractivity contribution in [3.8, 4) is 0 Å². The zero-order chi connectivity index (χ0) is 13.7. The maximum atomic E-state index is 5.47. The lowest BCUT2D eigenvalue weighted by molar-refractivity contribution is 0.661. The maximum absolute atomic E-state index is 5.47. The van der Waals surface area contributed by atoms with E-state index in [2.05, 4.69) is 20.4 Å². The number of halogens is 2. The summed E-state index contributed by atoms with van der Waals surface area (Å²) in [5.41, 5.74) is 7.31. The van der Waals surface area contributed by atoms with Crippen LogP contribution in [0.15, 0.2) is 6.33 Å². The van der Waals surface area contributed by atoms with E-state index in [1.807, 2.05) is 14.0 Å². The van der Waals surface area contributed by atoms with Gasteiger partial charge in [0, 0.05) is 13.6 Å². The van der Waals surface area contributed by atoms with Crippen LogP contribution < -0.4 is 11.1 Å². The van der Waals surface area contributed by atoms with Crippen molar-refractivity contribution < 1.29 is 0 Å². The fourth-order valence-electron chi connectivity index (χ4n) is 2.24. The lowest BCUT2D eigenvalue weighted by Gasteiger charge is -2.06. The highest BCUT2D eigenvalue weighted by atomic mass is 35.5. The molecule has 0 aromatic carbocycles. The Morgan fingerprint density at radius 2 is 1.86 bits per heavy atom. The Morgan fingerprint density at radius 1 is 1.14 bits per heavy atom. The molecule has 8 heteroatoms. The van der Waals surface area contributed by atoms with Crippen molar-refractivity contribution in [3.63, 3.8) is 0 Å². The molecule has 21 heavy (non-hydrogen) atoms. The van der Waals surface area contributed by atoms with Gasteiger partial charge in [-0.25, -0.2) is 9.97 Å². The predicted molar refractivity (Wildman–Crippen MR) is 91.5 cm³/mol. The van der Waals surface area contributed by atoms with E-state index in [4.69, 9.17) is 5.73 Å². The Bertz CT molecular complexity index is 543. The Kier molecular flexibility index (Phi) is 9.24. The minimum absolute atomic E-state index is 0. The highest BCUT2D eigenvalue weighted by Crippen LogP contribution is 2.21. The quantitative estimate of drug-likeness (QED) is 0.760. The Labute approximate surface area is 137 Å². The zero-order valence-electron chi connectivity index (χ0n) is 12.5. The van der Waals surface area contributed by atoms with Crippen LogP contribution in [0.3, 0.4) is 0 Å². The molecule has 2 heterocycles. The highest BCUT2D eigenvalue weighted by Gasteiger charge is 2.11. The van der Waals surface area contributed by atoms with Gasteiger partial charge in [0.25, 0.3) is 0 Å². The molecular formula is C13H24Cl2N6. The molecule has 0 amide bonds. The molecule has 0 saturated heterocycles. The molecule has 0 spiro atoms. The van der Waals surface area contributed by atoms with Crippen molar-refractivity contribution in [2.75, 3.05) is 18.4 Å². The van der Waals surface area contributed by atoms with Crippen molar-refractivity contribution >= 4 is 41.7 Å². The average molecular weight is 335 g/mol. The molecule has 0 bridgehead atoms. The van der Waals surface area contributed by atoms with Gasteiger partial charge in [-0.15, -0.1) is 24.8 Å². The van der Waals surface area contributed by atoms with Gasteiger partial charge in [-0.1, -0.05) is 12.8 Å². The molecule has 2 rings (SSSR count). The lowest BCUT2D eigenvalue weighted by atomic mass is 10.2. The first-order valence-corrected chi connectivity index (χ1v) is 6.82. The molecule has 6 nitrogen and oxygen atoms in total. The van der Waals surface area contributed by atoms with Crippen LogP contribution in [-0.2, 0) is 7.05 Å². The largest absolute Gasteiger partial charge is 0.369 e. The molecule has 0 saturated carbocycles. The molecule has 2 aromatic heterocycles. The molecule has 0 aliphatic heterocycles. The Balaban J connectivity index is 0.00000200. The van der Waals surface area contributed by atoms with E-state index in [0.717, 1.165) is 48.5 Å². The van der Waals surface area contributed by atoms with E-state index < -0.39 is 0 Å². The molecule has 0 fully saturated rings. The molecule has 3 N–H and O–H groups in total. The monoisotopic (exact) mass is 334 g/mol. The molecule has 0 radical (unpaired) electrons. The van der Waals surface area contributed by atoms with E-state index in [9.17, 15) is 0 Å². The van der Waals surface area contributed by atoms with Gasteiger partial charge < -0.3 is 11.1 Å². The van der Waals surface area contributed by atoms with E-state index in [0.29, 0.717) is 0 Å². The van der Waals surface area contributed by atoms with E-state index in [-0.39, 0.29) is 24.8 Å². The summed E-state index contributed by atoms with van der Waals surface area (Å²) in [6.07, 6.45) is 6.22. The first kappa shape index (κ1) is 19.9. The highest BCUT2D eigenvalue weighted by molar-refractivity contribution is 5.89. The van der Waals surface area contributed by atoms with Crippen LogP contribution in [0.25, 0.3) is 11.0 Å². The predicted octanol–water partition coefficient (Wildman–Crippen LogP) is 2.45. The van der Waals surface area contributed by atoms with E-state index in [1.54, 1.807) is 11.0 Å². The third-order valence-corrected chi connectivity index (χ3v) is 3.22. The summed E-state index contributed by atoms with van der Waals surface area (Å²) >= 11 is 0. The Hall–Kier alpha value is -1.11.